The average molecular weight is 252 g/mol. The van der Waals surface area contributed by atoms with E-state index in [-0.39, 0.29) is 11.1 Å². The van der Waals surface area contributed by atoms with Crippen molar-refractivity contribution in [2.24, 2.45) is 5.92 Å². The topological polar surface area (TPSA) is 100 Å². The van der Waals surface area contributed by atoms with E-state index in [1.54, 1.807) is 0 Å². The molecule has 1 amide bonds. The standard InChI is InChI=1S/C14H12N4O/c1-2-3-11(8-16)14(19)18-13-5-4-10(7-15)12(6-13)9-17/h4-6,11H,2-3H2,1H3,(H,18,19). The lowest BCUT2D eigenvalue weighted by molar-refractivity contribution is -0.118. The van der Waals surface area contributed by atoms with Crippen molar-refractivity contribution in [3.8, 4) is 18.2 Å². The van der Waals surface area contributed by atoms with Crippen LogP contribution in [0.25, 0.3) is 0 Å². The highest BCUT2D eigenvalue weighted by Gasteiger charge is 2.17. The van der Waals surface area contributed by atoms with Crippen LogP contribution in [0.5, 0.6) is 0 Å². The fraction of sp³-hybridized carbons (Fsp3) is 0.286. The molecule has 0 saturated heterocycles. The van der Waals surface area contributed by atoms with E-state index >= 15 is 0 Å². The highest BCUT2D eigenvalue weighted by atomic mass is 16.1. The maximum absolute atomic E-state index is 11.8. The van der Waals surface area contributed by atoms with Crippen LogP contribution in [0.15, 0.2) is 18.2 Å². The molecule has 0 aliphatic rings. The summed E-state index contributed by atoms with van der Waals surface area (Å²) in [6.07, 6.45) is 1.23. The molecule has 0 fully saturated rings. The number of nitrogens with zero attached hydrogens (tertiary/aromatic N) is 3. The summed E-state index contributed by atoms with van der Waals surface area (Å²) < 4.78 is 0. The van der Waals surface area contributed by atoms with Gasteiger partial charge in [-0.3, -0.25) is 4.79 Å². The van der Waals surface area contributed by atoms with Crippen molar-refractivity contribution in [3.05, 3.63) is 29.3 Å². The Bertz CT molecular complexity index is 601. The average Bonchev–Trinajstić information content (AvgIpc) is 2.44. The maximum atomic E-state index is 11.8. The minimum atomic E-state index is -0.703. The molecule has 19 heavy (non-hydrogen) atoms. The van der Waals surface area contributed by atoms with Crippen molar-refractivity contribution < 1.29 is 4.79 Å². The van der Waals surface area contributed by atoms with E-state index in [2.05, 4.69) is 5.32 Å². The molecule has 1 aromatic carbocycles. The lowest BCUT2D eigenvalue weighted by atomic mass is 10.0. The molecule has 1 atom stereocenters. The van der Waals surface area contributed by atoms with E-state index < -0.39 is 11.8 Å². The molecule has 0 radical (unpaired) electrons. The van der Waals surface area contributed by atoms with E-state index in [1.165, 1.54) is 18.2 Å². The first-order valence-electron chi connectivity index (χ1n) is 5.81. The Labute approximate surface area is 111 Å². The summed E-state index contributed by atoms with van der Waals surface area (Å²) in [5.74, 6) is -1.09. The summed E-state index contributed by atoms with van der Waals surface area (Å²) in [6, 6.07) is 10.2. The number of benzene rings is 1. The van der Waals surface area contributed by atoms with Crippen LogP contribution < -0.4 is 5.32 Å². The SMILES string of the molecule is CCCC(C#N)C(=O)Nc1ccc(C#N)c(C#N)c1. The molecule has 5 nitrogen and oxygen atoms in total. The number of nitrogens with one attached hydrogen (secondary N) is 1. The Hall–Kier alpha value is -2.84. The second kappa shape index (κ2) is 6.79. The molecule has 0 bridgehead atoms. The van der Waals surface area contributed by atoms with E-state index in [4.69, 9.17) is 15.8 Å². The van der Waals surface area contributed by atoms with Crippen LogP contribution in [0.4, 0.5) is 5.69 Å². The van der Waals surface area contributed by atoms with Gasteiger partial charge in [-0.25, -0.2) is 0 Å². The summed E-state index contributed by atoms with van der Waals surface area (Å²) >= 11 is 0. The molecule has 0 aliphatic heterocycles. The predicted octanol–water partition coefficient (Wildman–Crippen LogP) is 2.31. The predicted molar refractivity (Wildman–Crippen MR) is 68.5 cm³/mol. The van der Waals surface area contributed by atoms with Gasteiger partial charge in [0.25, 0.3) is 0 Å². The summed E-state index contributed by atoms with van der Waals surface area (Å²) in [6.45, 7) is 1.90. The third-order valence-electron chi connectivity index (χ3n) is 2.58. The van der Waals surface area contributed by atoms with Crippen LogP contribution in [0.2, 0.25) is 0 Å². The third kappa shape index (κ3) is 3.56. The molecule has 94 valence electrons. The number of anilines is 1. The van der Waals surface area contributed by atoms with Crippen LogP contribution in [0.3, 0.4) is 0 Å². The maximum Gasteiger partial charge on any atom is 0.241 e. The molecule has 0 heterocycles. The highest BCUT2D eigenvalue weighted by molar-refractivity contribution is 5.94. The van der Waals surface area contributed by atoms with Gasteiger partial charge >= 0.3 is 0 Å². The number of hydrogen-bond donors (Lipinski definition) is 1. The van der Waals surface area contributed by atoms with Gasteiger partial charge in [-0.2, -0.15) is 15.8 Å². The summed E-state index contributed by atoms with van der Waals surface area (Å²) in [5, 5.41) is 29.1. The van der Waals surface area contributed by atoms with Crippen molar-refractivity contribution in [2.75, 3.05) is 5.32 Å². The Balaban J connectivity index is 2.90. The third-order valence-corrected chi connectivity index (χ3v) is 2.58. The smallest absolute Gasteiger partial charge is 0.241 e. The zero-order valence-electron chi connectivity index (χ0n) is 10.5. The van der Waals surface area contributed by atoms with Crippen molar-refractivity contribution in [1.82, 2.24) is 0 Å². The van der Waals surface area contributed by atoms with Gasteiger partial charge in [-0.05, 0) is 24.6 Å². The fourth-order valence-electron chi connectivity index (χ4n) is 1.58. The molecule has 1 aromatic rings. The molecular formula is C14H12N4O. The van der Waals surface area contributed by atoms with Crippen molar-refractivity contribution in [3.63, 3.8) is 0 Å². The summed E-state index contributed by atoms with van der Waals surface area (Å²) in [7, 11) is 0. The van der Waals surface area contributed by atoms with Gasteiger partial charge in [0.15, 0.2) is 0 Å². The molecular weight excluding hydrogens is 240 g/mol. The summed E-state index contributed by atoms with van der Waals surface area (Å²) in [4.78, 5) is 11.8. The minimum absolute atomic E-state index is 0.198. The Morgan fingerprint density at radius 1 is 1.26 bits per heavy atom. The second-order valence-corrected chi connectivity index (χ2v) is 3.94. The molecule has 1 unspecified atom stereocenters. The van der Waals surface area contributed by atoms with E-state index in [1.807, 2.05) is 25.1 Å². The summed E-state index contributed by atoms with van der Waals surface area (Å²) in [5.41, 5.74) is 0.868. The molecule has 0 spiro atoms. The van der Waals surface area contributed by atoms with Crippen molar-refractivity contribution >= 4 is 11.6 Å². The Morgan fingerprint density at radius 2 is 1.95 bits per heavy atom. The minimum Gasteiger partial charge on any atom is -0.325 e. The van der Waals surface area contributed by atoms with Crippen molar-refractivity contribution in [1.29, 1.82) is 15.8 Å². The van der Waals surface area contributed by atoms with Crippen molar-refractivity contribution in [2.45, 2.75) is 19.8 Å². The molecule has 1 rings (SSSR count). The van der Waals surface area contributed by atoms with Crippen LogP contribution >= 0.6 is 0 Å². The zero-order chi connectivity index (χ0) is 14.3. The van der Waals surface area contributed by atoms with Crippen LogP contribution in [0.1, 0.15) is 30.9 Å². The van der Waals surface area contributed by atoms with Gasteiger partial charge in [-0.15, -0.1) is 0 Å². The zero-order valence-corrected chi connectivity index (χ0v) is 10.5. The molecule has 0 aromatic heterocycles. The lowest BCUT2D eigenvalue weighted by Gasteiger charge is -2.09. The number of carbonyl (C=O) groups is 1. The first-order valence-corrected chi connectivity index (χ1v) is 5.81. The fourth-order valence-corrected chi connectivity index (χ4v) is 1.58. The first-order chi connectivity index (χ1) is 9.15. The normalized spacial score (nSPS) is 10.6. The Kier molecular flexibility index (Phi) is 5.08. The molecule has 5 heteroatoms. The number of hydrogen-bond acceptors (Lipinski definition) is 4. The van der Waals surface area contributed by atoms with Crippen LogP contribution in [-0.4, -0.2) is 5.91 Å². The van der Waals surface area contributed by atoms with Gasteiger partial charge in [-0.1, -0.05) is 13.3 Å². The van der Waals surface area contributed by atoms with Gasteiger partial charge in [0.1, 0.15) is 18.1 Å². The van der Waals surface area contributed by atoms with Gasteiger partial charge < -0.3 is 5.32 Å². The monoisotopic (exact) mass is 252 g/mol. The highest BCUT2D eigenvalue weighted by Crippen LogP contribution is 2.16. The number of carbonyl (C=O) groups excluding carboxylic acids is 1. The number of nitriles is 3. The number of amides is 1. The van der Waals surface area contributed by atoms with E-state index in [0.717, 1.165) is 6.42 Å². The van der Waals surface area contributed by atoms with Gasteiger partial charge in [0.05, 0.1) is 17.2 Å². The molecule has 0 aliphatic carbocycles. The van der Waals surface area contributed by atoms with E-state index in [0.29, 0.717) is 12.1 Å². The molecule has 0 saturated carbocycles. The largest absolute Gasteiger partial charge is 0.325 e. The lowest BCUT2D eigenvalue weighted by Crippen LogP contribution is -2.21. The molecule has 1 N–H and O–H groups in total. The van der Waals surface area contributed by atoms with E-state index in [9.17, 15) is 4.79 Å². The first kappa shape index (κ1) is 14.2. The van der Waals surface area contributed by atoms with Gasteiger partial charge in [0.2, 0.25) is 5.91 Å². The van der Waals surface area contributed by atoms with Gasteiger partial charge in [0, 0.05) is 5.69 Å². The van der Waals surface area contributed by atoms with Crippen LogP contribution in [-0.2, 0) is 4.79 Å². The van der Waals surface area contributed by atoms with Crippen LogP contribution in [0, 0.1) is 39.9 Å². The number of rotatable bonds is 4. The quantitative estimate of drug-likeness (QED) is 0.888. The Morgan fingerprint density at radius 3 is 2.47 bits per heavy atom. The second-order valence-electron chi connectivity index (χ2n) is 3.94.